The summed E-state index contributed by atoms with van der Waals surface area (Å²) in [6.45, 7) is 1.13. The molecule has 0 aromatic carbocycles. The lowest BCUT2D eigenvalue weighted by Gasteiger charge is -2.04. The molecule has 1 aliphatic rings. The highest BCUT2D eigenvalue weighted by atomic mass is 32.1. The molecule has 0 saturated carbocycles. The van der Waals surface area contributed by atoms with E-state index in [0.29, 0.717) is 6.04 Å². The summed E-state index contributed by atoms with van der Waals surface area (Å²) in [5.74, 6) is 0. The van der Waals surface area contributed by atoms with E-state index in [9.17, 15) is 0 Å². The summed E-state index contributed by atoms with van der Waals surface area (Å²) in [5.41, 5.74) is 2.48. The number of nitrogens with zero attached hydrogens (tertiary/aromatic N) is 1. The Hall–Kier alpha value is -0.710. The SMILES string of the molecule is c1cc(-c2nc([C@@H]3CCCN3)cs2)cs1. The third-order valence-corrected chi connectivity index (χ3v) is 4.30. The molecule has 0 aliphatic carbocycles. The lowest BCUT2D eigenvalue weighted by atomic mass is 10.2. The zero-order chi connectivity index (χ0) is 10.1. The maximum absolute atomic E-state index is 4.70. The molecule has 15 heavy (non-hydrogen) atoms. The molecule has 1 atom stereocenters. The van der Waals surface area contributed by atoms with Gasteiger partial charge in [-0.1, -0.05) is 0 Å². The minimum Gasteiger partial charge on any atom is -0.309 e. The summed E-state index contributed by atoms with van der Waals surface area (Å²) in [6, 6.07) is 2.63. The first-order valence-corrected chi connectivity index (χ1v) is 6.97. The highest BCUT2D eigenvalue weighted by molar-refractivity contribution is 7.14. The van der Waals surface area contributed by atoms with Gasteiger partial charge in [0.15, 0.2) is 0 Å². The summed E-state index contributed by atoms with van der Waals surface area (Å²) >= 11 is 3.48. The van der Waals surface area contributed by atoms with Crippen LogP contribution in [0, 0.1) is 0 Å². The zero-order valence-electron chi connectivity index (χ0n) is 8.27. The number of aromatic nitrogens is 1. The largest absolute Gasteiger partial charge is 0.309 e. The van der Waals surface area contributed by atoms with Crippen molar-refractivity contribution in [2.45, 2.75) is 18.9 Å². The molecule has 0 bridgehead atoms. The lowest BCUT2D eigenvalue weighted by Crippen LogP contribution is -2.12. The maximum Gasteiger partial charge on any atom is 0.124 e. The molecule has 2 aromatic heterocycles. The number of thiazole rings is 1. The van der Waals surface area contributed by atoms with Crippen molar-refractivity contribution < 1.29 is 0 Å². The third-order valence-electron chi connectivity index (χ3n) is 2.71. The Balaban J connectivity index is 1.87. The molecule has 1 saturated heterocycles. The van der Waals surface area contributed by atoms with Crippen LogP contribution in [0.4, 0.5) is 0 Å². The van der Waals surface area contributed by atoms with Crippen molar-refractivity contribution in [1.82, 2.24) is 10.3 Å². The van der Waals surface area contributed by atoms with Crippen LogP contribution in [-0.4, -0.2) is 11.5 Å². The van der Waals surface area contributed by atoms with Gasteiger partial charge in [-0.05, 0) is 30.8 Å². The number of nitrogens with one attached hydrogen (secondary N) is 1. The Morgan fingerprint density at radius 1 is 1.40 bits per heavy atom. The molecule has 1 aliphatic heterocycles. The lowest BCUT2D eigenvalue weighted by molar-refractivity contribution is 0.632. The van der Waals surface area contributed by atoms with Crippen LogP contribution in [0.2, 0.25) is 0 Å². The number of thiophene rings is 1. The molecule has 78 valence electrons. The van der Waals surface area contributed by atoms with Gasteiger partial charge in [0.05, 0.1) is 11.7 Å². The van der Waals surface area contributed by atoms with Crippen molar-refractivity contribution in [3.8, 4) is 10.6 Å². The molecule has 3 rings (SSSR count). The fourth-order valence-electron chi connectivity index (χ4n) is 1.90. The van der Waals surface area contributed by atoms with E-state index >= 15 is 0 Å². The number of rotatable bonds is 2. The molecule has 4 heteroatoms. The predicted molar refractivity (Wildman–Crippen MR) is 65.4 cm³/mol. The second-order valence-corrected chi connectivity index (χ2v) is 5.38. The monoisotopic (exact) mass is 236 g/mol. The Labute approximate surface area is 97.0 Å². The molecule has 1 N–H and O–H groups in total. The number of hydrogen-bond acceptors (Lipinski definition) is 4. The van der Waals surface area contributed by atoms with Crippen molar-refractivity contribution in [3.63, 3.8) is 0 Å². The van der Waals surface area contributed by atoms with Gasteiger partial charge in [-0.15, -0.1) is 11.3 Å². The molecule has 2 aromatic rings. The molecule has 3 heterocycles. The van der Waals surface area contributed by atoms with Crippen molar-refractivity contribution in [3.05, 3.63) is 27.9 Å². The van der Waals surface area contributed by atoms with E-state index in [1.807, 2.05) is 0 Å². The van der Waals surface area contributed by atoms with Crippen LogP contribution < -0.4 is 5.32 Å². The van der Waals surface area contributed by atoms with Crippen LogP contribution in [0.15, 0.2) is 22.2 Å². The summed E-state index contributed by atoms with van der Waals surface area (Å²) in [6.07, 6.45) is 2.50. The van der Waals surface area contributed by atoms with Gasteiger partial charge in [-0.3, -0.25) is 0 Å². The quantitative estimate of drug-likeness (QED) is 0.865. The second-order valence-electron chi connectivity index (χ2n) is 3.74. The minimum absolute atomic E-state index is 0.494. The Morgan fingerprint density at radius 2 is 2.40 bits per heavy atom. The van der Waals surface area contributed by atoms with E-state index in [1.54, 1.807) is 22.7 Å². The number of hydrogen-bond donors (Lipinski definition) is 1. The second kappa shape index (κ2) is 4.04. The maximum atomic E-state index is 4.70. The summed E-state index contributed by atoms with van der Waals surface area (Å²) in [4.78, 5) is 4.70. The molecule has 0 spiro atoms. The molecule has 2 nitrogen and oxygen atoms in total. The predicted octanol–water partition coefficient (Wildman–Crippen LogP) is 3.30. The van der Waals surface area contributed by atoms with Crippen LogP contribution in [0.5, 0.6) is 0 Å². The topological polar surface area (TPSA) is 24.9 Å². The van der Waals surface area contributed by atoms with Crippen molar-refractivity contribution in [2.75, 3.05) is 6.54 Å². The van der Waals surface area contributed by atoms with Crippen LogP contribution in [0.25, 0.3) is 10.6 Å². The third kappa shape index (κ3) is 1.85. The highest BCUT2D eigenvalue weighted by Gasteiger charge is 2.19. The van der Waals surface area contributed by atoms with E-state index in [4.69, 9.17) is 4.98 Å². The summed E-state index contributed by atoms with van der Waals surface area (Å²) < 4.78 is 0. The highest BCUT2D eigenvalue weighted by Crippen LogP contribution is 2.30. The normalized spacial score (nSPS) is 20.9. The van der Waals surface area contributed by atoms with E-state index < -0.39 is 0 Å². The van der Waals surface area contributed by atoms with Crippen molar-refractivity contribution in [2.24, 2.45) is 0 Å². The van der Waals surface area contributed by atoms with Gasteiger partial charge < -0.3 is 5.32 Å². The summed E-state index contributed by atoms with van der Waals surface area (Å²) in [5, 5.41) is 11.1. The molecule has 1 fully saturated rings. The fourth-order valence-corrected chi connectivity index (χ4v) is 3.49. The van der Waals surface area contributed by atoms with Crippen LogP contribution >= 0.6 is 22.7 Å². The first-order valence-electron chi connectivity index (χ1n) is 5.15. The first kappa shape index (κ1) is 9.51. The average Bonchev–Trinajstić information content (AvgIpc) is 3.02. The smallest absolute Gasteiger partial charge is 0.124 e. The van der Waals surface area contributed by atoms with Crippen LogP contribution in [0.3, 0.4) is 0 Å². The molecule has 0 radical (unpaired) electrons. The molecule has 0 unspecified atom stereocenters. The van der Waals surface area contributed by atoms with E-state index in [2.05, 4.69) is 27.5 Å². The first-order chi connectivity index (χ1) is 7.43. The van der Waals surface area contributed by atoms with E-state index in [1.165, 1.54) is 24.1 Å². The summed E-state index contributed by atoms with van der Waals surface area (Å²) in [7, 11) is 0. The fraction of sp³-hybridized carbons (Fsp3) is 0.364. The molecular formula is C11H12N2S2. The standard InChI is InChI=1S/C11H12N2S2/c1-2-9(12-4-1)10-7-15-11(13-10)8-3-5-14-6-8/h3,5-7,9,12H,1-2,4H2/t9-/m0/s1. The van der Waals surface area contributed by atoms with Crippen LogP contribution in [-0.2, 0) is 0 Å². The van der Waals surface area contributed by atoms with E-state index in [0.717, 1.165) is 11.6 Å². The molecule has 0 amide bonds. The van der Waals surface area contributed by atoms with Gasteiger partial charge in [-0.2, -0.15) is 11.3 Å². The van der Waals surface area contributed by atoms with Crippen molar-refractivity contribution >= 4 is 22.7 Å². The molecular weight excluding hydrogens is 224 g/mol. The zero-order valence-corrected chi connectivity index (χ0v) is 9.90. The Morgan fingerprint density at radius 3 is 3.13 bits per heavy atom. The van der Waals surface area contributed by atoms with Gasteiger partial charge in [-0.25, -0.2) is 4.98 Å². The Kier molecular flexibility index (Phi) is 2.56. The van der Waals surface area contributed by atoms with Gasteiger partial charge >= 0.3 is 0 Å². The van der Waals surface area contributed by atoms with Gasteiger partial charge in [0.2, 0.25) is 0 Å². The average molecular weight is 236 g/mol. The van der Waals surface area contributed by atoms with Gasteiger partial charge in [0.25, 0.3) is 0 Å². The Bertz CT molecular complexity index is 427. The van der Waals surface area contributed by atoms with Gasteiger partial charge in [0.1, 0.15) is 5.01 Å². The van der Waals surface area contributed by atoms with E-state index in [-0.39, 0.29) is 0 Å². The minimum atomic E-state index is 0.494. The van der Waals surface area contributed by atoms with Gasteiger partial charge in [0, 0.05) is 16.3 Å². The van der Waals surface area contributed by atoms with Crippen molar-refractivity contribution in [1.29, 1.82) is 0 Å². The van der Waals surface area contributed by atoms with Crippen LogP contribution in [0.1, 0.15) is 24.6 Å².